The van der Waals surface area contributed by atoms with Crippen molar-refractivity contribution in [3.8, 4) is 0 Å². The van der Waals surface area contributed by atoms with E-state index in [0.717, 1.165) is 17.9 Å². The molecule has 1 unspecified atom stereocenters. The summed E-state index contributed by atoms with van der Waals surface area (Å²) in [6, 6.07) is -0.454. The van der Waals surface area contributed by atoms with Gasteiger partial charge in [-0.3, -0.25) is 10.1 Å². The van der Waals surface area contributed by atoms with Crippen LogP contribution in [0, 0.1) is 0 Å². The predicted molar refractivity (Wildman–Crippen MR) is 54.6 cm³/mol. The van der Waals surface area contributed by atoms with Crippen molar-refractivity contribution in [1.29, 1.82) is 0 Å². The van der Waals surface area contributed by atoms with E-state index in [4.69, 9.17) is 5.11 Å². The molecule has 2 heterocycles. The SMILES string of the molecule is CCn1cnc2c1C(C)N[C@@H](C(=O)O)C2. The van der Waals surface area contributed by atoms with Crippen LogP contribution in [0.3, 0.4) is 0 Å². The summed E-state index contributed by atoms with van der Waals surface area (Å²) in [6.45, 7) is 4.89. The predicted octanol–water partition coefficient (Wildman–Crippen LogP) is 0.563. The Labute approximate surface area is 88.1 Å². The van der Waals surface area contributed by atoms with Gasteiger partial charge in [-0.15, -0.1) is 0 Å². The molecule has 1 aromatic rings. The van der Waals surface area contributed by atoms with E-state index in [1.54, 1.807) is 6.33 Å². The Bertz CT molecular complexity index is 386. The molecule has 5 nitrogen and oxygen atoms in total. The molecule has 2 atom stereocenters. The number of aryl methyl sites for hydroxylation is 1. The van der Waals surface area contributed by atoms with E-state index in [2.05, 4.69) is 21.8 Å². The van der Waals surface area contributed by atoms with Crippen LogP contribution in [-0.4, -0.2) is 26.7 Å². The monoisotopic (exact) mass is 209 g/mol. The van der Waals surface area contributed by atoms with Crippen LogP contribution in [-0.2, 0) is 17.8 Å². The number of aromatic nitrogens is 2. The van der Waals surface area contributed by atoms with Crippen LogP contribution >= 0.6 is 0 Å². The van der Waals surface area contributed by atoms with Crippen molar-refractivity contribution in [2.24, 2.45) is 0 Å². The molecule has 1 aromatic heterocycles. The molecule has 1 aliphatic rings. The van der Waals surface area contributed by atoms with Gasteiger partial charge in [-0.2, -0.15) is 0 Å². The van der Waals surface area contributed by atoms with E-state index in [9.17, 15) is 4.79 Å². The zero-order chi connectivity index (χ0) is 11.0. The van der Waals surface area contributed by atoms with Gasteiger partial charge in [0, 0.05) is 19.0 Å². The summed E-state index contributed by atoms with van der Waals surface area (Å²) in [7, 11) is 0. The molecule has 0 fully saturated rings. The quantitative estimate of drug-likeness (QED) is 0.747. The van der Waals surface area contributed by atoms with E-state index >= 15 is 0 Å². The van der Waals surface area contributed by atoms with Gasteiger partial charge in [0.05, 0.1) is 17.7 Å². The first-order chi connectivity index (χ1) is 7.13. The number of nitrogens with zero attached hydrogens (tertiary/aromatic N) is 2. The van der Waals surface area contributed by atoms with Crippen molar-refractivity contribution in [2.45, 2.75) is 38.9 Å². The largest absolute Gasteiger partial charge is 0.480 e. The number of nitrogens with one attached hydrogen (secondary N) is 1. The lowest BCUT2D eigenvalue weighted by molar-refractivity contribution is -0.139. The number of carboxylic acid groups (broad SMARTS) is 1. The number of fused-ring (bicyclic) bond motifs is 1. The van der Waals surface area contributed by atoms with E-state index < -0.39 is 12.0 Å². The molecule has 0 saturated carbocycles. The van der Waals surface area contributed by atoms with Gasteiger partial charge in [-0.25, -0.2) is 4.98 Å². The molecule has 5 heteroatoms. The summed E-state index contributed by atoms with van der Waals surface area (Å²) in [5, 5.41) is 12.0. The number of aliphatic carboxylic acids is 1. The second kappa shape index (κ2) is 3.66. The molecule has 15 heavy (non-hydrogen) atoms. The van der Waals surface area contributed by atoms with Crippen LogP contribution in [0.2, 0.25) is 0 Å². The zero-order valence-corrected chi connectivity index (χ0v) is 8.90. The molecule has 0 aromatic carbocycles. The van der Waals surface area contributed by atoms with Crippen molar-refractivity contribution in [1.82, 2.24) is 14.9 Å². The molecule has 2 rings (SSSR count). The Kier molecular flexibility index (Phi) is 2.48. The number of hydrogen-bond acceptors (Lipinski definition) is 3. The minimum atomic E-state index is -0.807. The average molecular weight is 209 g/mol. The maximum Gasteiger partial charge on any atom is 0.321 e. The van der Waals surface area contributed by atoms with Gasteiger partial charge in [0.15, 0.2) is 0 Å². The topological polar surface area (TPSA) is 67.2 Å². The highest BCUT2D eigenvalue weighted by molar-refractivity contribution is 5.74. The smallest absolute Gasteiger partial charge is 0.321 e. The van der Waals surface area contributed by atoms with Crippen LogP contribution < -0.4 is 5.32 Å². The molecule has 0 bridgehead atoms. The summed E-state index contributed by atoms with van der Waals surface area (Å²) in [4.78, 5) is 15.2. The highest BCUT2D eigenvalue weighted by atomic mass is 16.4. The van der Waals surface area contributed by atoms with E-state index in [0.29, 0.717) is 6.42 Å². The number of carbonyl (C=O) groups is 1. The van der Waals surface area contributed by atoms with Crippen LogP contribution in [0.4, 0.5) is 0 Å². The number of hydrogen-bond donors (Lipinski definition) is 2. The van der Waals surface area contributed by atoms with E-state index in [1.807, 2.05) is 6.92 Å². The van der Waals surface area contributed by atoms with Gasteiger partial charge in [0.1, 0.15) is 6.04 Å². The molecular weight excluding hydrogens is 194 g/mol. The highest BCUT2D eigenvalue weighted by Crippen LogP contribution is 2.24. The minimum absolute atomic E-state index is 0.0531. The molecule has 0 amide bonds. The van der Waals surface area contributed by atoms with Crippen molar-refractivity contribution in [2.75, 3.05) is 0 Å². The maximum absolute atomic E-state index is 10.9. The number of carboxylic acids is 1. The third-order valence-corrected chi connectivity index (χ3v) is 2.86. The van der Waals surface area contributed by atoms with Crippen LogP contribution in [0.5, 0.6) is 0 Å². The van der Waals surface area contributed by atoms with Gasteiger partial charge < -0.3 is 9.67 Å². The summed E-state index contributed by atoms with van der Waals surface area (Å²) in [6.07, 6.45) is 2.26. The summed E-state index contributed by atoms with van der Waals surface area (Å²) >= 11 is 0. The molecule has 82 valence electrons. The molecule has 1 aliphatic heterocycles. The lowest BCUT2D eigenvalue weighted by Gasteiger charge is -2.27. The maximum atomic E-state index is 10.9. The lowest BCUT2D eigenvalue weighted by Crippen LogP contribution is -2.44. The number of rotatable bonds is 2. The Morgan fingerprint density at radius 2 is 2.53 bits per heavy atom. The molecule has 0 radical (unpaired) electrons. The Balaban J connectivity index is 2.33. The molecule has 0 spiro atoms. The van der Waals surface area contributed by atoms with Gasteiger partial charge in [-0.1, -0.05) is 0 Å². The fourth-order valence-electron chi connectivity index (χ4n) is 2.13. The van der Waals surface area contributed by atoms with E-state index in [1.165, 1.54) is 0 Å². The normalized spacial score (nSPS) is 24.9. The average Bonchev–Trinajstić information content (AvgIpc) is 2.60. The zero-order valence-electron chi connectivity index (χ0n) is 8.90. The van der Waals surface area contributed by atoms with Gasteiger partial charge >= 0.3 is 5.97 Å². The van der Waals surface area contributed by atoms with Crippen molar-refractivity contribution < 1.29 is 9.90 Å². The van der Waals surface area contributed by atoms with Crippen molar-refractivity contribution >= 4 is 5.97 Å². The van der Waals surface area contributed by atoms with Crippen LogP contribution in [0.1, 0.15) is 31.3 Å². The highest BCUT2D eigenvalue weighted by Gasteiger charge is 2.30. The van der Waals surface area contributed by atoms with E-state index in [-0.39, 0.29) is 6.04 Å². The molecule has 0 aliphatic carbocycles. The summed E-state index contributed by atoms with van der Waals surface area (Å²) < 4.78 is 2.06. The summed E-state index contributed by atoms with van der Waals surface area (Å²) in [5.74, 6) is -0.807. The fraction of sp³-hybridized carbons (Fsp3) is 0.600. The Morgan fingerprint density at radius 3 is 3.13 bits per heavy atom. The molecular formula is C10H15N3O2. The third-order valence-electron chi connectivity index (χ3n) is 2.86. The number of imidazole rings is 1. The second-order valence-corrected chi connectivity index (χ2v) is 3.85. The van der Waals surface area contributed by atoms with Crippen LogP contribution in [0.15, 0.2) is 6.33 Å². The van der Waals surface area contributed by atoms with Crippen molar-refractivity contribution in [3.05, 3.63) is 17.7 Å². The molecule has 2 N–H and O–H groups in total. The first kappa shape index (κ1) is 10.2. The minimum Gasteiger partial charge on any atom is -0.480 e. The Morgan fingerprint density at radius 1 is 1.80 bits per heavy atom. The third kappa shape index (κ3) is 1.63. The van der Waals surface area contributed by atoms with Gasteiger partial charge in [0.25, 0.3) is 0 Å². The Hall–Kier alpha value is -1.36. The fourth-order valence-corrected chi connectivity index (χ4v) is 2.13. The van der Waals surface area contributed by atoms with Gasteiger partial charge in [0.2, 0.25) is 0 Å². The summed E-state index contributed by atoms with van der Waals surface area (Å²) in [5.41, 5.74) is 2.03. The standard InChI is InChI=1S/C10H15N3O2/c1-3-13-5-11-7-4-8(10(14)15)12-6(2)9(7)13/h5-6,8,12H,3-4H2,1-2H3,(H,14,15)/t6?,8-/m1/s1. The van der Waals surface area contributed by atoms with Crippen LogP contribution in [0.25, 0.3) is 0 Å². The first-order valence-electron chi connectivity index (χ1n) is 5.16. The van der Waals surface area contributed by atoms with Crippen molar-refractivity contribution in [3.63, 3.8) is 0 Å². The molecule has 0 saturated heterocycles. The van der Waals surface area contributed by atoms with Gasteiger partial charge in [-0.05, 0) is 13.8 Å². The second-order valence-electron chi connectivity index (χ2n) is 3.85. The lowest BCUT2D eigenvalue weighted by atomic mass is 10.00. The first-order valence-corrected chi connectivity index (χ1v) is 5.16.